The number of nitrogens with zero attached hydrogens (tertiary/aromatic N) is 4. The van der Waals surface area contributed by atoms with E-state index in [1.807, 2.05) is 18.3 Å². The van der Waals surface area contributed by atoms with Crippen molar-refractivity contribution < 1.29 is 14.7 Å². The number of piperidine rings is 1. The van der Waals surface area contributed by atoms with Crippen LogP contribution in [0.4, 0.5) is 10.5 Å². The Labute approximate surface area is 192 Å². The van der Waals surface area contributed by atoms with Gasteiger partial charge in [0.2, 0.25) is 0 Å². The molecule has 9 nitrogen and oxygen atoms in total. The third-order valence-electron chi connectivity index (χ3n) is 6.51. The van der Waals surface area contributed by atoms with E-state index in [2.05, 4.69) is 34.7 Å². The minimum absolute atomic E-state index is 0.0746. The van der Waals surface area contributed by atoms with Gasteiger partial charge >= 0.3 is 6.03 Å². The second-order valence-corrected chi connectivity index (χ2v) is 8.87. The molecular weight excluding hydrogens is 420 g/mol. The van der Waals surface area contributed by atoms with Crippen molar-refractivity contribution in [3.05, 3.63) is 47.9 Å². The third kappa shape index (κ3) is 3.93. The number of carbonyl (C=O) groups excluding carboxylic acids is 2. The van der Waals surface area contributed by atoms with E-state index >= 15 is 0 Å². The summed E-state index contributed by atoms with van der Waals surface area (Å²) in [6, 6.07) is 3.93. The van der Waals surface area contributed by atoms with Crippen molar-refractivity contribution in [1.82, 2.24) is 25.5 Å². The highest BCUT2D eigenvalue weighted by Gasteiger charge is 2.36. The number of fused-ring (bicyclic) bond motifs is 3. The van der Waals surface area contributed by atoms with Gasteiger partial charge in [-0.2, -0.15) is 0 Å². The van der Waals surface area contributed by atoms with Crippen molar-refractivity contribution in [2.24, 2.45) is 0 Å². The number of pyridine rings is 2. The van der Waals surface area contributed by atoms with Crippen LogP contribution in [0.2, 0.25) is 0 Å². The van der Waals surface area contributed by atoms with Crippen LogP contribution in [-0.4, -0.2) is 63.2 Å². The fraction of sp³-hybridized carbons (Fsp3) is 0.417. The Kier molecular flexibility index (Phi) is 5.49. The molecule has 0 aliphatic carbocycles. The molecular formula is C24H28N6O3. The summed E-state index contributed by atoms with van der Waals surface area (Å²) < 4.78 is 0. The van der Waals surface area contributed by atoms with E-state index in [0.717, 1.165) is 28.0 Å². The van der Waals surface area contributed by atoms with Crippen molar-refractivity contribution in [1.29, 1.82) is 0 Å². The Balaban J connectivity index is 1.51. The summed E-state index contributed by atoms with van der Waals surface area (Å²) >= 11 is 0. The topological polar surface area (TPSA) is 111 Å². The lowest BCUT2D eigenvalue weighted by atomic mass is 9.99. The number of dihydropyridines is 1. The SMILES string of the molecule is CC1C=CC(c2ccc3ncc4c(c3n2)N(C2CCN(C(=O)[C@H](C)O)CC2)C(=O)NC4)=CN1. The molecule has 2 aromatic rings. The summed E-state index contributed by atoms with van der Waals surface area (Å²) in [6.45, 7) is 4.96. The van der Waals surface area contributed by atoms with E-state index in [1.165, 1.54) is 6.92 Å². The summed E-state index contributed by atoms with van der Waals surface area (Å²) in [5, 5.41) is 15.9. The van der Waals surface area contributed by atoms with Gasteiger partial charge in [0.05, 0.1) is 16.9 Å². The number of nitrogens with one attached hydrogen (secondary N) is 2. The smallest absolute Gasteiger partial charge is 0.322 e. The molecule has 5 rings (SSSR count). The van der Waals surface area contributed by atoms with E-state index in [0.29, 0.717) is 38.0 Å². The minimum Gasteiger partial charge on any atom is -0.384 e. The number of carbonyl (C=O) groups is 2. The third-order valence-corrected chi connectivity index (χ3v) is 6.51. The first-order chi connectivity index (χ1) is 15.9. The van der Waals surface area contributed by atoms with Gasteiger partial charge in [-0.1, -0.05) is 12.2 Å². The van der Waals surface area contributed by atoms with E-state index in [-0.39, 0.29) is 24.0 Å². The van der Waals surface area contributed by atoms with Crippen LogP contribution in [0.5, 0.6) is 0 Å². The predicted molar refractivity (Wildman–Crippen MR) is 125 cm³/mol. The van der Waals surface area contributed by atoms with E-state index in [1.54, 1.807) is 16.0 Å². The number of allylic oxidation sites excluding steroid dienone is 2. The van der Waals surface area contributed by atoms with Crippen molar-refractivity contribution in [3.8, 4) is 0 Å². The molecule has 0 aromatic carbocycles. The molecule has 0 spiro atoms. The number of anilines is 1. The Morgan fingerprint density at radius 1 is 1.27 bits per heavy atom. The second-order valence-electron chi connectivity index (χ2n) is 8.87. The zero-order valence-corrected chi connectivity index (χ0v) is 18.8. The molecule has 1 unspecified atom stereocenters. The first-order valence-corrected chi connectivity index (χ1v) is 11.4. The predicted octanol–water partition coefficient (Wildman–Crippen LogP) is 1.92. The Morgan fingerprint density at radius 2 is 2.06 bits per heavy atom. The first kappa shape index (κ1) is 21.4. The average molecular weight is 449 g/mol. The largest absolute Gasteiger partial charge is 0.384 e. The highest BCUT2D eigenvalue weighted by molar-refractivity contribution is 6.04. The highest BCUT2D eigenvalue weighted by atomic mass is 16.3. The number of likely N-dealkylation sites (tertiary alicyclic amines) is 1. The molecule has 2 atom stereocenters. The molecule has 3 aliphatic heterocycles. The van der Waals surface area contributed by atoms with Crippen LogP contribution in [0.1, 0.15) is 37.9 Å². The number of hydrogen-bond donors (Lipinski definition) is 3. The van der Waals surface area contributed by atoms with E-state index < -0.39 is 6.10 Å². The molecule has 172 valence electrons. The summed E-state index contributed by atoms with van der Waals surface area (Å²) in [6.07, 6.45) is 8.15. The molecule has 3 aliphatic rings. The normalized spacial score (nSPS) is 21.8. The fourth-order valence-corrected chi connectivity index (χ4v) is 4.70. The lowest BCUT2D eigenvalue weighted by Crippen LogP contribution is -2.54. The quantitative estimate of drug-likeness (QED) is 0.662. The number of aliphatic hydroxyl groups is 1. The van der Waals surface area contributed by atoms with Gasteiger partial charge in [0.1, 0.15) is 11.6 Å². The van der Waals surface area contributed by atoms with E-state index in [9.17, 15) is 14.7 Å². The lowest BCUT2D eigenvalue weighted by Gasteiger charge is -2.41. The van der Waals surface area contributed by atoms with Crippen LogP contribution in [0.15, 0.2) is 36.7 Å². The molecule has 3 amide bonds. The first-order valence-electron chi connectivity index (χ1n) is 11.4. The number of hydrogen-bond acceptors (Lipinski definition) is 6. The number of aromatic nitrogens is 2. The molecule has 2 aromatic heterocycles. The number of amides is 3. The molecule has 9 heteroatoms. The van der Waals surface area contributed by atoms with Crippen molar-refractivity contribution in [3.63, 3.8) is 0 Å². The number of rotatable bonds is 3. The van der Waals surface area contributed by atoms with Gasteiger partial charge < -0.3 is 20.6 Å². The highest BCUT2D eigenvalue weighted by Crippen LogP contribution is 2.35. The summed E-state index contributed by atoms with van der Waals surface area (Å²) in [4.78, 5) is 38.2. The van der Waals surface area contributed by atoms with Crippen molar-refractivity contribution in [2.45, 2.75) is 51.4 Å². The van der Waals surface area contributed by atoms with Crippen LogP contribution >= 0.6 is 0 Å². The van der Waals surface area contributed by atoms with Gasteiger partial charge in [-0.25, -0.2) is 9.78 Å². The van der Waals surface area contributed by atoms with Crippen LogP contribution in [0, 0.1) is 0 Å². The molecule has 33 heavy (non-hydrogen) atoms. The second kappa shape index (κ2) is 8.47. The number of aliphatic hydroxyl groups excluding tert-OH is 1. The summed E-state index contributed by atoms with van der Waals surface area (Å²) in [5.41, 5.74) is 4.96. The van der Waals surface area contributed by atoms with Gasteiger partial charge in [0.15, 0.2) is 0 Å². The van der Waals surface area contributed by atoms with Gasteiger partial charge in [-0.05, 0) is 38.8 Å². The monoisotopic (exact) mass is 448 g/mol. The zero-order chi connectivity index (χ0) is 23.1. The zero-order valence-electron chi connectivity index (χ0n) is 18.8. The van der Waals surface area contributed by atoms with Crippen LogP contribution in [-0.2, 0) is 11.3 Å². The Morgan fingerprint density at radius 3 is 2.76 bits per heavy atom. The van der Waals surface area contributed by atoms with Gasteiger partial charge in [-0.3, -0.25) is 14.7 Å². The van der Waals surface area contributed by atoms with Gasteiger partial charge in [-0.15, -0.1) is 0 Å². The molecule has 1 fully saturated rings. The Hall–Kier alpha value is -3.46. The average Bonchev–Trinajstić information content (AvgIpc) is 2.83. The van der Waals surface area contributed by atoms with E-state index in [4.69, 9.17) is 4.98 Å². The minimum atomic E-state index is -1.01. The molecule has 3 N–H and O–H groups in total. The maximum absolute atomic E-state index is 13.1. The fourth-order valence-electron chi connectivity index (χ4n) is 4.70. The van der Waals surface area contributed by atoms with Crippen molar-refractivity contribution in [2.75, 3.05) is 18.0 Å². The standard InChI is InChI=1S/C24H28N6O3/c1-14-3-4-16(11-25-14)19-5-6-20-21(28-19)22-17(12-26-20)13-27-24(33)30(22)18-7-9-29(10-8-18)23(32)15(2)31/h3-6,11-12,14-15,18,25,31H,7-10,13H2,1-2H3,(H,27,33)/t14?,15-/m0/s1. The molecule has 0 radical (unpaired) electrons. The number of urea groups is 1. The van der Waals surface area contributed by atoms with Crippen LogP contribution < -0.4 is 15.5 Å². The Bertz CT molecular complexity index is 1170. The molecule has 0 saturated carbocycles. The van der Waals surface area contributed by atoms with Crippen molar-refractivity contribution >= 4 is 34.2 Å². The maximum Gasteiger partial charge on any atom is 0.322 e. The van der Waals surface area contributed by atoms with Gasteiger partial charge in [0.25, 0.3) is 5.91 Å². The molecule has 0 bridgehead atoms. The van der Waals surface area contributed by atoms with Gasteiger partial charge in [0, 0.05) is 55.3 Å². The summed E-state index contributed by atoms with van der Waals surface area (Å²) in [5.74, 6) is -0.269. The lowest BCUT2D eigenvalue weighted by molar-refractivity contribution is -0.140. The molecule has 5 heterocycles. The van der Waals surface area contributed by atoms with Crippen LogP contribution in [0.25, 0.3) is 16.6 Å². The summed E-state index contributed by atoms with van der Waals surface area (Å²) in [7, 11) is 0. The van der Waals surface area contributed by atoms with Crippen LogP contribution in [0.3, 0.4) is 0 Å². The maximum atomic E-state index is 13.1. The molecule has 1 saturated heterocycles.